The molecular weight excluding hydrogens is 283 g/mol. The van der Waals surface area contributed by atoms with Crippen LogP contribution in [0, 0.1) is 5.82 Å². The van der Waals surface area contributed by atoms with Crippen molar-refractivity contribution in [1.29, 1.82) is 0 Å². The molecule has 1 saturated heterocycles. The Balaban J connectivity index is 1.45. The minimum atomic E-state index is -0.314. The first-order chi connectivity index (χ1) is 10.7. The lowest BCUT2D eigenvalue weighted by atomic mass is 10.1. The van der Waals surface area contributed by atoms with Crippen molar-refractivity contribution in [3.63, 3.8) is 0 Å². The summed E-state index contributed by atoms with van der Waals surface area (Å²) in [5, 5.41) is 0. The van der Waals surface area contributed by atoms with Gasteiger partial charge in [-0.2, -0.15) is 0 Å². The predicted molar refractivity (Wildman–Crippen MR) is 82.7 cm³/mol. The van der Waals surface area contributed by atoms with E-state index in [1.54, 1.807) is 18.4 Å². The van der Waals surface area contributed by atoms with Gasteiger partial charge < -0.3 is 9.32 Å². The van der Waals surface area contributed by atoms with E-state index in [2.05, 4.69) is 9.80 Å². The van der Waals surface area contributed by atoms with E-state index in [1.165, 1.54) is 12.1 Å². The topological polar surface area (TPSA) is 36.7 Å². The summed E-state index contributed by atoms with van der Waals surface area (Å²) in [4.78, 5) is 16.6. The lowest BCUT2D eigenvalue weighted by molar-refractivity contribution is 0.0962. The van der Waals surface area contributed by atoms with E-state index in [4.69, 9.17) is 4.42 Å². The van der Waals surface area contributed by atoms with Crippen LogP contribution in [0.4, 0.5) is 10.3 Å². The molecule has 0 N–H and O–H groups in total. The van der Waals surface area contributed by atoms with Gasteiger partial charge in [-0.3, -0.25) is 9.69 Å². The SMILES string of the molecule is O=C(CCN1CCN(c2ccco2)CC1)c1ccc(F)cc1. The van der Waals surface area contributed by atoms with Crippen LogP contribution in [-0.2, 0) is 0 Å². The highest BCUT2D eigenvalue weighted by Crippen LogP contribution is 2.16. The molecule has 116 valence electrons. The summed E-state index contributed by atoms with van der Waals surface area (Å²) in [5.74, 6) is 0.654. The molecule has 1 aromatic carbocycles. The van der Waals surface area contributed by atoms with Gasteiger partial charge in [-0.1, -0.05) is 0 Å². The van der Waals surface area contributed by atoms with E-state index >= 15 is 0 Å². The fourth-order valence-corrected chi connectivity index (χ4v) is 2.68. The summed E-state index contributed by atoms with van der Waals surface area (Å²) in [6.07, 6.45) is 2.15. The largest absolute Gasteiger partial charge is 0.449 e. The van der Waals surface area contributed by atoms with Crippen LogP contribution in [0.1, 0.15) is 16.8 Å². The summed E-state index contributed by atoms with van der Waals surface area (Å²) >= 11 is 0. The van der Waals surface area contributed by atoms with Crippen LogP contribution >= 0.6 is 0 Å². The third-order valence-electron chi connectivity index (χ3n) is 4.01. The Morgan fingerprint density at radius 2 is 1.82 bits per heavy atom. The number of anilines is 1. The van der Waals surface area contributed by atoms with Crippen LogP contribution in [0.5, 0.6) is 0 Å². The third kappa shape index (κ3) is 3.54. The zero-order chi connectivity index (χ0) is 15.4. The maximum atomic E-state index is 12.8. The first-order valence-electron chi connectivity index (χ1n) is 7.52. The molecule has 4 nitrogen and oxygen atoms in total. The number of benzene rings is 1. The summed E-state index contributed by atoms with van der Waals surface area (Å²) in [5.41, 5.74) is 0.579. The van der Waals surface area contributed by atoms with Crippen LogP contribution < -0.4 is 4.90 Å². The highest BCUT2D eigenvalue weighted by atomic mass is 19.1. The van der Waals surface area contributed by atoms with E-state index in [1.807, 2.05) is 12.1 Å². The Hall–Kier alpha value is -2.14. The zero-order valence-electron chi connectivity index (χ0n) is 12.4. The van der Waals surface area contributed by atoms with Gasteiger partial charge >= 0.3 is 0 Å². The lowest BCUT2D eigenvalue weighted by Gasteiger charge is -2.34. The van der Waals surface area contributed by atoms with E-state index in [0.717, 1.165) is 38.6 Å². The first-order valence-corrected chi connectivity index (χ1v) is 7.52. The average molecular weight is 302 g/mol. The maximum Gasteiger partial charge on any atom is 0.195 e. The predicted octanol–water partition coefficient (Wildman–Crippen LogP) is 2.81. The second kappa shape index (κ2) is 6.75. The third-order valence-corrected chi connectivity index (χ3v) is 4.01. The van der Waals surface area contributed by atoms with Gasteiger partial charge in [0.15, 0.2) is 11.7 Å². The molecule has 22 heavy (non-hydrogen) atoms. The molecule has 0 aliphatic carbocycles. The first kappa shape index (κ1) is 14.8. The van der Waals surface area contributed by atoms with Crippen molar-refractivity contribution < 1.29 is 13.6 Å². The summed E-state index contributed by atoms with van der Waals surface area (Å²) < 4.78 is 18.2. The molecule has 3 rings (SSSR count). The molecule has 1 aromatic heterocycles. The number of piperazine rings is 1. The number of rotatable bonds is 5. The van der Waals surface area contributed by atoms with Crippen molar-refractivity contribution in [2.24, 2.45) is 0 Å². The molecule has 1 aliphatic rings. The van der Waals surface area contributed by atoms with Gasteiger partial charge in [-0.05, 0) is 30.3 Å². The molecule has 1 fully saturated rings. The number of carbonyl (C=O) groups is 1. The number of halogens is 1. The molecule has 0 bridgehead atoms. The Kier molecular flexibility index (Phi) is 4.53. The molecular formula is C17H19FN2O2. The Morgan fingerprint density at radius 3 is 2.45 bits per heavy atom. The molecule has 0 unspecified atom stereocenters. The molecule has 0 spiro atoms. The van der Waals surface area contributed by atoms with Crippen molar-refractivity contribution in [2.75, 3.05) is 37.6 Å². The minimum absolute atomic E-state index is 0.0634. The number of Topliss-reactive ketones (excluding diaryl/α,β-unsaturated/α-hetero) is 1. The van der Waals surface area contributed by atoms with Gasteiger partial charge in [-0.15, -0.1) is 0 Å². The monoisotopic (exact) mass is 302 g/mol. The van der Waals surface area contributed by atoms with Crippen molar-refractivity contribution in [3.8, 4) is 0 Å². The zero-order valence-corrected chi connectivity index (χ0v) is 12.4. The van der Waals surface area contributed by atoms with E-state index in [9.17, 15) is 9.18 Å². The van der Waals surface area contributed by atoms with Gasteiger partial charge in [0.2, 0.25) is 0 Å². The fraction of sp³-hybridized carbons (Fsp3) is 0.353. The highest BCUT2D eigenvalue weighted by molar-refractivity contribution is 5.96. The van der Waals surface area contributed by atoms with Crippen LogP contribution in [0.2, 0.25) is 0 Å². The quantitative estimate of drug-likeness (QED) is 0.796. The Bertz CT molecular complexity index is 602. The van der Waals surface area contributed by atoms with Gasteiger partial charge in [0, 0.05) is 50.8 Å². The number of ketones is 1. The molecule has 2 aromatic rings. The lowest BCUT2D eigenvalue weighted by Crippen LogP contribution is -2.46. The second-order valence-electron chi connectivity index (χ2n) is 5.46. The minimum Gasteiger partial charge on any atom is -0.449 e. The van der Waals surface area contributed by atoms with Crippen molar-refractivity contribution in [1.82, 2.24) is 4.90 Å². The highest BCUT2D eigenvalue weighted by Gasteiger charge is 2.19. The number of hydrogen-bond acceptors (Lipinski definition) is 4. The summed E-state index contributed by atoms with van der Waals surface area (Å²) in [7, 11) is 0. The molecule has 1 aliphatic heterocycles. The van der Waals surface area contributed by atoms with E-state index in [0.29, 0.717) is 12.0 Å². The van der Waals surface area contributed by atoms with Crippen molar-refractivity contribution in [3.05, 3.63) is 54.0 Å². The Morgan fingerprint density at radius 1 is 1.09 bits per heavy atom. The fourth-order valence-electron chi connectivity index (χ4n) is 2.68. The van der Waals surface area contributed by atoms with Gasteiger partial charge in [-0.25, -0.2) is 4.39 Å². The maximum absolute atomic E-state index is 12.8. The smallest absolute Gasteiger partial charge is 0.195 e. The molecule has 0 saturated carbocycles. The number of hydrogen-bond donors (Lipinski definition) is 0. The summed E-state index contributed by atoms with van der Waals surface area (Å²) in [6.45, 7) is 4.37. The number of furan rings is 1. The van der Waals surface area contributed by atoms with Crippen LogP contribution in [0.25, 0.3) is 0 Å². The van der Waals surface area contributed by atoms with E-state index in [-0.39, 0.29) is 11.6 Å². The normalized spacial score (nSPS) is 16.0. The molecule has 0 amide bonds. The van der Waals surface area contributed by atoms with Crippen molar-refractivity contribution in [2.45, 2.75) is 6.42 Å². The number of carbonyl (C=O) groups excluding carboxylic acids is 1. The molecule has 0 radical (unpaired) electrons. The van der Waals surface area contributed by atoms with Crippen LogP contribution in [0.15, 0.2) is 47.1 Å². The van der Waals surface area contributed by atoms with Gasteiger partial charge in [0.25, 0.3) is 0 Å². The van der Waals surface area contributed by atoms with Crippen LogP contribution in [-0.4, -0.2) is 43.4 Å². The Labute approximate surface area is 129 Å². The molecule has 0 atom stereocenters. The molecule has 5 heteroatoms. The standard InChI is InChI=1S/C17H19FN2O2/c18-15-5-3-14(4-6-15)16(21)7-8-19-9-11-20(12-10-19)17-2-1-13-22-17/h1-6,13H,7-12H2. The number of nitrogens with zero attached hydrogens (tertiary/aromatic N) is 2. The van der Waals surface area contributed by atoms with E-state index < -0.39 is 0 Å². The second-order valence-corrected chi connectivity index (χ2v) is 5.46. The van der Waals surface area contributed by atoms with Crippen LogP contribution in [0.3, 0.4) is 0 Å². The molecule has 2 heterocycles. The van der Waals surface area contributed by atoms with Gasteiger partial charge in [0.05, 0.1) is 6.26 Å². The van der Waals surface area contributed by atoms with Gasteiger partial charge in [0.1, 0.15) is 5.82 Å². The van der Waals surface area contributed by atoms with Crippen molar-refractivity contribution >= 4 is 11.7 Å². The summed E-state index contributed by atoms with van der Waals surface area (Å²) in [6, 6.07) is 9.61. The average Bonchev–Trinajstić information content (AvgIpc) is 3.08.